The van der Waals surface area contributed by atoms with Crippen LogP contribution in [0.5, 0.6) is 0 Å². The van der Waals surface area contributed by atoms with Gasteiger partial charge in [-0.3, -0.25) is 4.79 Å². The Morgan fingerprint density at radius 1 is 1.28 bits per heavy atom. The van der Waals surface area contributed by atoms with Crippen molar-refractivity contribution in [2.45, 2.75) is 46.0 Å². The first-order valence-corrected chi connectivity index (χ1v) is 6.57. The standard InChI is InChI=1S/C15H20F2O/c1-3-5-7-11(4-2)10-14(18)12-8-6-9-13(16)15(12)17/h6,8-9,11H,3-5,7,10H2,1-2H3. The van der Waals surface area contributed by atoms with Crippen molar-refractivity contribution < 1.29 is 13.6 Å². The topological polar surface area (TPSA) is 17.1 Å². The summed E-state index contributed by atoms with van der Waals surface area (Å²) in [7, 11) is 0. The fraction of sp³-hybridized carbons (Fsp3) is 0.533. The van der Waals surface area contributed by atoms with E-state index in [9.17, 15) is 13.6 Å². The second-order valence-corrected chi connectivity index (χ2v) is 4.65. The van der Waals surface area contributed by atoms with E-state index in [4.69, 9.17) is 0 Å². The lowest BCUT2D eigenvalue weighted by molar-refractivity contribution is 0.0952. The summed E-state index contributed by atoms with van der Waals surface area (Å²) in [5, 5.41) is 0. The largest absolute Gasteiger partial charge is 0.294 e. The second kappa shape index (κ2) is 7.24. The van der Waals surface area contributed by atoms with Gasteiger partial charge < -0.3 is 0 Å². The van der Waals surface area contributed by atoms with Gasteiger partial charge in [0, 0.05) is 6.42 Å². The molecule has 0 aliphatic heterocycles. The van der Waals surface area contributed by atoms with Crippen molar-refractivity contribution >= 4 is 5.78 Å². The summed E-state index contributed by atoms with van der Waals surface area (Å²) in [6.45, 7) is 4.12. The minimum absolute atomic E-state index is 0.120. The van der Waals surface area contributed by atoms with Crippen molar-refractivity contribution in [3.05, 3.63) is 35.4 Å². The Hall–Kier alpha value is -1.25. The smallest absolute Gasteiger partial charge is 0.169 e. The maximum atomic E-state index is 13.5. The lowest BCUT2D eigenvalue weighted by atomic mass is 9.91. The normalized spacial score (nSPS) is 12.4. The first kappa shape index (κ1) is 14.8. The summed E-state index contributed by atoms with van der Waals surface area (Å²) in [5.74, 6) is -2.01. The molecule has 0 bridgehead atoms. The van der Waals surface area contributed by atoms with Gasteiger partial charge in [0.2, 0.25) is 0 Å². The molecule has 3 heteroatoms. The van der Waals surface area contributed by atoms with Crippen LogP contribution >= 0.6 is 0 Å². The molecule has 1 aromatic carbocycles. The van der Waals surface area contributed by atoms with Crippen LogP contribution in [0.1, 0.15) is 56.3 Å². The van der Waals surface area contributed by atoms with Gasteiger partial charge in [-0.25, -0.2) is 8.78 Å². The Balaban J connectivity index is 2.72. The van der Waals surface area contributed by atoms with Crippen molar-refractivity contribution in [3.63, 3.8) is 0 Å². The molecule has 0 aromatic heterocycles. The number of carbonyl (C=O) groups excluding carboxylic acids is 1. The maximum Gasteiger partial charge on any atom is 0.169 e. The quantitative estimate of drug-likeness (QED) is 0.641. The predicted molar refractivity (Wildman–Crippen MR) is 68.6 cm³/mol. The number of ketones is 1. The van der Waals surface area contributed by atoms with Gasteiger partial charge in [0.25, 0.3) is 0 Å². The molecule has 1 rings (SSSR count). The monoisotopic (exact) mass is 254 g/mol. The molecular formula is C15H20F2O. The second-order valence-electron chi connectivity index (χ2n) is 4.65. The van der Waals surface area contributed by atoms with Gasteiger partial charge in [-0.05, 0) is 18.1 Å². The lowest BCUT2D eigenvalue weighted by Gasteiger charge is -2.13. The van der Waals surface area contributed by atoms with E-state index in [1.165, 1.54) is 12.1 Å². The van der Waals surface area contributed by atoms with Gasteiger partial charge in [-0.1, -0.05) is 45.6 Å². The number of hydrogen-bond acceptors (Lipinski definition) is 1. The Morgan fingerprint density at radius 3 is 2.61 bits per heavy atom. The molecule has 1 atom stereocenters. The zero-order valence-corrected chi connectivity index (χ0v) is 11.0. The SMILES string of the molecule is CCCCC(CC)CC(=O)c1cccc(F)c1F. The maximum absolute atomic E-state index is 13.5. The number of rotatable bonds is 7. The highest BCUT2D eigenvalue weighted by atomic mass is 19.2. The minimum atomic E-state index is -1.02. The summed E-state index contributed by atoms with van der Waals surface area (Å²) in [6.07, 6.45) is 4.31. The highest BCUT2D eigenvalue weighted by Crippen LogP contribution is 2.21. The number of halogens is 2. The molecule has 0 saturated carbocycles. The molecule has 0 aliphatic carbocycles. The first-order chi connectivity index (χ1) is 8.60. The van der Waals surface area contributed by atoms with Crippen molar-refractivity contribution in [2.75, 3.05) is 0 Å². The van der Waals surface area contributed by atoms with Gasteiger partial charge in [-0.2, -0.15) is 0 Å². The van der Waals surface area contributed by atoms with Crippen LogP contribution in [0.15, 0.2) is 18.2 Å². The Kier molecular flexibility index (Phi) is 5.96. The molecule has 0 saturated heterocycles. The molecule has 100 valence electrons. The summed E-state index contributed by atoms with van der Waals surface area (Å²) in [4.78, 5) is 11.9. The summed E-state index contributed by atoms with van der Waals surface area (Å²) in [6, 6.07) is 3.76. The van der Waals surface area contributed by atoms with Crippen LogP contribution in [-0.2, 0) is 0 Å². The number of carbonyl (C=O) groups is 1. The third-order valence-corrected chi connectivity index (χ3v) is 3.27. The van der Waals surface area contributed by atoms with Crippen LogP contribution in [-0.4, -0.2) is 5.78 Å². The van der Waals surface area contributed by atoms with Crippen LogP contribution in [0, 0.1) is 17.6 Å². The molecule has 0 fully saturated rings. The predicted octanol–water partition coefficient (Wildman–Crippen LogP) is 4.75. The Bertz CT molecular complexity index is 401. The van der Waals surface area contributed by atoms with Gasteiger partial charge in [-0.15, -0.1) is 0 Å². The van der Waals surface area contributed by atoms with Crippen LogP contribution in [0.2, 0.25) is 0 Å². The summed E-state index contributed by atoms with van der Waals surface area (Å²) < 4.78 is 26.5. The molecule has 0 spiro atoms. The van der Waals surface area contributed by atoms with E-state index in [-0.39, 0.29) is 17.3 Å². The molecule has 0 amide bonds. The van der Waals surface area contributed by atoms with Crippen LogP contribution in [0.3, 0.4) is 0 Å². The van der Waals surface area contributed by atoms with Crippen LogP contribution < -0.4 is 0 Å². The molecule has 1 aromatic rings. The van der Waals surface area contributed by atoms with E-state index in [1.54, 1.807) is 0 Å². The molecule has 0 heterocycles. The van der Waals surface area contributed by atoms with Crippen molar-refractivity contribution in [1.82, 2.24) is 0 Å². The zero-order chi connectivity index (χ0) is 13.5. The highest BCUT2D eigenvalue weighted by Gasteiger charge is 2.18. The average molecular weight is 254 g/mol. The third-order valence-electron chi connectivity index (χ3n) is 3.27. The Labute approximate surface area is 107 Å². The number of Topliss-reactive ketones (excluding diaryl/α,β-unsaturated/α-hetero) is 1. The molecular weight excluding hydrogens is 234 g/mol. The third kappa shape index (κ3) is 3.90. The molecule has 1 nitrogen and oxygen atoms in total. The van der Waals surface area contributed by atoms with Crippen molar-refractivity contribution in [2.24, 2.45) is 5.92 Å². The lowest BCUT2D eigenvalue weighted by Crippen LogP contribution is -2.10. The van der Waals surface area contributed by atoms with E-state index in [0.29, 0.717) is 6.42 Å². The summed E-state index contributed by atoms with van der Waals surface area (Å²) >= 11 is 0. The van der Waals surface area contributed by atoms with E-state index in [1.807, 2.05) is 6.92 Å². The highest BCUT2D eigenvalue weighted by molar-refractivity contribution is 5.96. The molecule has 0 N–H and O–H groups in total. The molecule has 18 heavy (non-hydrogen) atoms. The fourth-order valence-corrected chi connectivity index (χ4v) is 2.03. The molecule has 0 aliphatic rings. The van der Waals surface area contributed by atoms with Crippen molar-refractivity contribution in [1.29, 1.82) is 0 Å². The fourth-order valence-electron chi connectivity index (χ4n) is 2.03. The van der Waals surface area contributed by atoms with E-state index in [2.05, 4.69) is 6.92 Å². The van der Waals surface area contributed by atoms with E-state index in [0.717, 1.165) is 31.7 Å². The summed E-state index contributed by atoms with van der Waals surface area (Å²) in [5.41, 5.74) is -0.120. The van der Waals surface area contributed by atoms with Gasteiger partial charge >= 0.3 is 0 Å². The number of benzene rings is 1. The van der Waals surface area contributed by atoms with Gasteiger partial charge in [0.1, 0.15) is 0 Å². The molecule has 0 radical (unpaired) electrons. The van der Waals surface area contributed by atoms with Gasteiger partial charge in [0.15, 0.2) is 17.4 Å². The van der Waals surface area contributed by atoms with E-state index >= 15 is 0 Å². The van der Waals surface area contributed by atoms with Crippen molar-refractivity contribution in [3.8, 4) is 0 Å². The minimum Gasteiger partial charge on any atom is -0.294 e. The zero-order valence-electron chi connectivity index (χ0n) is 11.0. The molecule has 1 unspecified atom stereocenters. The van der Waals surface area contributed by atoms with Crippen LogP contribution in [0.25, 0.3) is 0 Å². The average Bonchev–Trinajstić information content (AvgIpc) is 2.37. The number of unbranched alkanes of at least 4 members (excludes halogenated alkanes) is 1. The van der Waals surface area contributed by atoms with Gasteiger partial charge in [0.05, 0.1) is 5.56 Å². The Morgan fingerprint density at radius 2 is 2.00 bits per heavy atom. The first-order valence-electron chi connectivity index (χ1n) is 6.57. The van der Waals surface area contributed by atoms with E-state index < -0.39 is 11.6 Å². The number of hydrogen-bond donors (Lipinski definition) is 0. The van der Waals surface area contributed by atoms with Crippen LogP contribution in [0.4, 0.5) is 8.78 Å².